The Bertz CT molecular complexity index is 730. The standard InChI is InChI=1S/C21H32NO3PS/c1-19(2)15-24-26(23,25-17(19)16-11-7-5-8-12-16)18-20(3,4)27-21(22-18)13-9-6-10-14-21/h5,7-8,11-12,17-18,22H,6,9-10,13-15H2,1-4H3/t17-,18?,26+/m1/s1. The molecule has 4 nitrogen and oxygen atoms in total. The van der Waals surface area contributed by atoms with Crippen LogP contribution in [0.15, 0.2) is 30.3 Å². The van der Waals surface area contributed by atoms with Gasteiger partial charge < -0.3 is 4.52 Å². The summed E-state index contributed by atoms with van der Waals surface area (Å²) in [4.78, 5) is 0.0196. The molecule has 0 radical (unpaired) electrons. The van der Waals surface area contributed by atoms with E-state index in [1.54, 1.807) is 0 Å². The van der Waals surface area contributed by atoms with E-state index >= 15 is 0 Å². The van der Waals surface area contributed by atoms with Crippen molar-refractivity contribution in [1.29, 1.82) is 0 Å². The molecule has 3 atom stereocenters. The lowest BCUT2D eigenvalue weighted by atomic mass is 9.83. The van der Waals surface area contributed by atoms with Crippen molar-refractivity contribution in [3.05, 3.63) is 35.9 Å². The molecule has 1 aliphatic carbocycles. The average Bonchev–Trinajstić information content (AvgIpc) is 2.89. The third-order valence-corrected chi connectivity index (χ3v) is 10.4. The van der Waals surface area contributed by atoms with Gasteiger partial charge in [0, 0.05) is 10.2 Å². The molecule has 1 aromatic carbocycles. The predicted octanol–water partition coefficient (Wildman–Crippen LogP) is 6.10. The number of nitrogens with one attached hydrogen (secondary N) is 1. The molecule has 1 unspecified atom stereocenters. The zero-order valence-electron chi connectivity index (χ0n) is 16.9. The molecule has 3 fully saturated rings. The molecule has 6 heteroatoms. The van der Waals surface area contributed by atoms with Crippen molar-refractivity contribution in [2.45, 2.75) is 81.3 Å². The van der Waals surface area contributed by atoms with Crippen LogP contribution in [-0.2, 0) is 13.6 Å². The third kappa shape index (κ3) is 3.67. The van der Waals surface area contributed by atoms with Crippen LogP contribution >= 0.6 is 19.4 Å². The van der Waals surface area contributed by atoms with E-state index in [0.717, 1.165) is 18.4 Å². The van der Waals surface area contributed by atoms with Crippen LogP contribution in [0.1, 0.15) is 71.5 Å². The highest BCUT2D eigenvalue weighted by Crippen LogP contribution is 2.69. The van der Waals surface area contributed by atoms with Crippen molar-refractivity contribution in [2.75, 3.05) is 6.61 Å². The topological polar surface area (TPSA) is 47.6 Å². The zero-order valence-corrected chi connectivity index (χ0v) is 18.6. The Morgan fingerprint density at radius 1 is 1.07 bits per heavy atom. The summed E-state index contributed by atoms with van der Waals surface area (Å²) < 4.78 is 26.3. The summed E-state index contributed by atoms with van der Waals surface area (Å²) in [6.07, 6.45) is 5.78. The number of benzene rings is 1. The second kappa shape index (κ2) is 6.88. The van der Waals surface area contributed by atoms with Crippen molar-refractivity contribution in [3.8, 4) is 0 Å². The van der Waals surface area contributed by atoms with Gasteiger partial charge in [-0.25, -0.2) is 0 Å². The molecule has 1 aromatic rings. The summed E-state index contributed by atoms with van der Waals surface area (Å²) in [6.45, 7) is 9.05. The van der Waals surface area contributed by atoms with Crippen LogP contribution in [0, 0.1) is 5.41 Å². The molecule has 27 heavy (non-hydrogen) atoms. The summed E-state index contributed by atoms with van der Waals surface area (Å²) in [5.41, 5.74) is 0.843. The molecule has 2 saturated heterocycles. The first-order chi connectivity index (χ1) is 12.7. The fraction of sp³-hybridized carbons (Fsp3) is 0.714. The van der Waals surface area contributed by atoms with E-state index in [4.69, 9.17) is 9.05 Å². The lowest BCUT2D eigenvalue weighted by Gasteiger charge is -2.45. The maximum absolute atomic E-state index is 14.0. The van der Waals surface area contributed by atoms with Crippen LogP contribution in [0.4, 0.5) is 0 Å². The molecular formula is C21H32NO3PS. The molecule has 3 aliphatic rings. The number of rotatable bonds is 2. The minimum Gasteiger partial charge on any atom is -0.307 e. The minimum atomic E-state index is -3.31. The second-order valence-corrected chi connectivity index (χ2v) is 13.6. The summed E-state index contributed by atoms with van der Waals surface area (Å²) in [7, 11) is -3.31. The Morgan fingerprint density at radius 3 is 2.41 bits per heavy atom. The summed E-state index contributed by atoms with van der Waals surface area (Å²) in [5.74, 6) is -0.282. The summed E-state index contributed by atoms with van der Waals surface area (Å²) in [5, 5.41) is 3.76. The number of thioether (sulfide) groups is 1. The highest BCUT2D eigenvalue weighted by atomic mass is 32.2. The maximum atomic E-state index is 14.0. The smallest absolute Gasteiger partial charge is 0.307 e. The Hall–Kier alpha value is -0.320. The van der Waals surface area contributed by atoms with Gasteiger partial charge in [0.1, 0.15) is 5.78 Å². The minimum absolute atomic E-state index is 0.0196. The van der Waals surface area contributed by atoms with Gasteiger partial charge in [-0.3, -0.25) is 14.4 Å². The molecule has 1 spiro atoms. The van der Waals surface area contributed by atoms with Gasteiger partial charge in [0.05, 0.1) is 17.6 Å². The van der Waals surface area contributed by atoms with Gasteiger partial charge in [0.25, 0.3) is 0 Å². The van der Waals surface area contributed by atoms with Gasteiger partial charge in [-0.2, -0.15) is 0 Å². The summed E-state index contributed by atoms with van der Waals surface area (Å²) in [6, 6.07) is 10.2. The van der Waals surface area contributed by atoms with E-state index in [9.17, 15) is 4.57 Å². The van der Waals surface area contributed by atoms with Crippen LogP contribution in [-0.4, -0.2) is 22.0 Å². The Kier molecular flexibility index (Phi) is 5.09. The molecule has 0 bridgehead atoms. The van der Waals surface area contributed by atoms with Crippen molar-refractivity contribution in [1.82, 2.24) is 5.32 Å². The highest BCUT2D eigenvalue weighted by Gasteiger charge is 2.61. The first-order valence-corrected chi connectivity index (χ1v) is 12.5. The zero-order chi connectivity index (χ0) is 19.3. The van der Waals surface area contributed by atoms with Gasteiger partial charge in [0.15, 0.2) is 0 Å². The van der Waals surface area contributed by atoms with Crippen molar-refractivity contribution in [2.24, 2.45) is 5.41 Å². The molecular weight excluding hydrogens is 377 g/mol. The van der Waals surface area contributed by atoms with E-state index in [1.807, 2.05) is 30.0 Å². The quantitative estimate of drug-likeness (QED) is 0.599. The van der Waals surface area contributed by atoms with E-state index in [1.165, 1.54) is 19.3 Å². The van der Waals surface area contributed by atoms with Gasteiger partial charge in [-0.05, 0) is 32.3 Å². The number of hydrogen-bond donors (Lipinski definition) is 1. The van der Waals surface area contributed by atoms with Crippen LogP contribution < -0.4 is 5.32 Å². The van der Waals surface area contributed by atoms with Crippen LogP contribution in [0.25, 0.3) is 0 Å². The third-order valence-electron chi connectivity index (χ3n) is 6.18. The molecule has 1 N–H and O–H groups in total. The molecule has 2 aliphatic heterocycles. The van der Waals surface area contributed by atoms with Gasteiger partial charge in [-0.1, -0.05) is 63.4 Å². The van der Waals surface area contributed by atoms with Crippen LogP contribution in [0.2, 0.25) is 0 Å². The lowest BCUT2D eigenvalue weighted by molar-refractivity contribution is -0.0312. The summed E-state index contributed by atoms with van der Waals surface area (Å²) >= 11 is 1.95. The fourth-order valence-electron chi connectivity index (χ4n) is 4.77. The normalized spacial score (nSPS) is 37.3. The molecule has 1 saturated carbocycles. The maximum Gasteiger partial charge on any atom is 0.349 e. The predicted molar refractivity (Wildman–Crippen MR) is 112 cm³/mol. The largest absolute Gasteiger partial charge is 0.349 e. The first-order valence-electron chi connectivity index (χ1n) is 10.1. The van der Waals surface area contributed by atoms with E-state index < -0.39 is 7.60 Å². The number of hydrogen-bond acceptors (Lipinski definition) is 5. The van der Waals surface area contributed by atoms with Gasteiger partial charge in [-0.15, -0.1) is 11.8 Å². The molecule has 4 rings (SSSR count). The van der Waals surface area contributed by atoms with E-state index in [2.05, 4.69) is 45.1 Å². The fourth-order valence-corrected chi connectivity index (χ4v) is 9.96. The monoisotopic (exact) mass is 409 g/mol. The van der Waals surface area contributed by atoms with Crippen molar-refractivity contribution < 1.29 is 13.6 Å². The van der Waals surface area contributed by atoms with Gasteiger partial charge in [0.2, 0.25) is 0 Å². The SMILES string of the molecule is CC1(C)SC2(CCCCC2)NC1[P@]1(=O)OCC(C)(C)[C@@H](c2ccccc2)O1. The molecule has 2 heterocycles. The highest BCUT2D eigenvalue weighted by molar-refractivity contribution is 8.02. The Morgan fingerprint density at radius 2 is 1.74 bits per heavy atom. The van der Waals surface area contributed by atoms with Crippen molar-refractivity contribution in [3.63, 3.8) is 0 Å². The Labute approximate surface area is 167 Å². The molecule has 0 amide bonds. The van der Waals surface area contributed by atoms with Crippen LogP contribution in [0.5, 0.6) is 0 Å². The second-order valence-electron chi connectivity index (χ2n) is 9.51. The molecule has 150 valence electrons. The lowest BCUT2D eigenvalue weighted by Crippen LogP contribution is -2.47. The van der Waals surface area contributed by atoms with Gasteiger partial charge >= 0.3 is 7.60 Å². The van der Waals surface area contributed by atoms with E-state index in [-0.39, 0.29) is 26.9 Å². The van der Waals surface area contributed by atoms with Crippen molar-refractivity contribution >= 4 is 19.4 Å². The van der Waals surface area contributed by atoms with E-state index in [0.29, 0.717) is 6.61 Å². The first kappa shape index (κ1) is 20.0. The molecule has 0 aromatic heterocycles. The average molecular weight is 410 g/mol. The Balaban J connectivity index is 1.63. The van der Waals surface area contributed by atoms with Crippen LogP contribution in [0.3, 0.4) is 0 Å².